The molecule has 1 aliphatic rings. The number of alkyl carbamates (subject to hydrolysis) is 1. The highest BCUT2D eigenvalue weighted by Crippen LogP contribution is 2.36. The molecule has 0 radical (unpaired) electrons. The number of hydrogen-bond donors (Lipinski definition) is 2. The van der Waals surface area contributed by atoms with Gasteiger partial charge in [0, 0.05) is 24.3 Å². The number of carbonyl (C=O) groups is 2. The number of thioether (sulfide) groups is 1. The van der Waals surface area contributed by atoms with Crippen molar-refractivity contribution in [2.75, 3.05) is 18.8 Å². The first-order valence-corrected chi connectivity index (χ1v) is 8.06. The molecular formula is C14H26N2O3S. The third-order valence-electron chi connectivity index (χ3n) is 2.98. The van der Waals surface area contributed by atoms with Gasteiger partial charge in [-0.05, 0) is 46.3 Å². The molecule has 5 nitrogen and oxygen atoms in total. The summed E-state index contributed by atoms with van der Waals surface area (Å²) in [5.74, 6) is 1.14. The fraction of sp³-hybridized carbons (Fsp3) is 0.857. The lowest BCUT2D eigenvalue weighted by atomic mass is 10.1. The first-order chi connectivity index (χ1) is 9.20. The normalized spacial score (nSPS) is 22.4. The Balaban J connectivity index is 2.12. The number of amides is 2. The van der Waals surface area contributed by atoms with Gasteiger partial charge >= 0.3 is 6.09 Å². The summed E-state index contributed by atoms with van der Waals surface area (Å²) in [7, 11) is 0. The Morgan fingerprint density at radius 1 is 1.30 bits per heavy atom. The molecule has 1 unspecified atom stereocenters. The van der Waals surface area contributed by atoms with Crippen molar-refractivity contribution in [3.8, 4) is 0 Å². The second-order valence-electron chi connectivity index (χ2n) is 6.36. The van der Waals surface area contributed by atoms with Gasteiger partial charge in [-0.1, -0.05) is 0 Å². The molecule has 2 N–H and O–H groups in total. The smallest absolute Gasteiger partial charge is 0.407 e. The third kappa shape index (κ3) is 7.03. The van der Waals surface area contributed by atoms with E-state index in [-0.39, 0.29) is 17.1 Å². The summed E-state index contributed by atoms with van der Waals surface area (Å²) in [6.45, 7) is 8.59. The monoisotopic (exact) mass is 302 g/mol. The van der Waals surface area contributed by atoms with Crippen molar-refractivity contribution in [1.82, 2.24) is 10.6 Å². The topological polar surface area (TPSA) is 67.4 Å². The van der Waals surface area contributed by atoms with Gasteiger partial charge in [-0.3, -0.25) is 4.79 Å². The van der Waals surface area contributed by atoms with E-state index < -0.39 is 11.7 Å². The van der Waals surface area contributed by atoms with Crippen LogP contribution in [0.4, 0.5) is 4.79 Å². The van der Waals surface area contributed by atoms with Gasteiger partial charge in [-0.25, -0.2) is 4.79 Å². The molecular weight excluding hydrogens is 276 g/mol. The average Bonchev–Trinajstić information content (AvgIpc) is 2.72. The fourth-order valence-corrected chi connectivity index (χ4v) is 3.19. The molecule has 0 aromatic heterocycles. The van der Waals surface area contributed by atoms with Crippen LogP contribution in [-0.4, -0.2) is 41.2 Å². The Morgan fingerprint density at radius 3 is 2.55 bits per heavy atom. The van der Waals surface area contributed by atoms with E-state index in [0.717, 1.165) is 6.42 Å². The highest BCUT2D eigenvalue weighted by atomic mass is 32.2. The van der Waals surface area contributed by atoms with E-state index in [2.05, 4.69) is 17.6 Å². The summed E-state index contributed by atoms with van der Waals surface area (Å²) >= 11 is 1.92. The Labute approximate surface area is 125 Å². The molecule has 0 bridgehead atoms. The van der Waals surface area contributed by atoms with Crippen molar-refractivity contribution in [3.63, 3.8) is 0 Å². The Hall–Kier alpha value is -0.910. The minimum absolute atomic E-state index is 0.0326. The molecule has 1 heterocycles. The maximum absolute atomic E-state index is 11.7. The van der Waals surface area contributed by atoms with Crippen molar-refractivity contribution in [2.24, 2.45) is 0 Å². The third-order valence-corrected chi connectivity index (χ3v) is 4.52. The minimum atomic E-state index is -0.513. The van der Waals surface area contributed by atoms with Crippen LogP contribution in [0.25, 0.3) is 0 Å². The summed E-state index contributed by atoms with van der Waals surface area (Å²) in [6, 6.07) is 0. The van der Waals surface area contributed by atoms with Crippen LogP contribution in [0, 0.1) is 0 Å². The van der Waals surface area contributed by atoms with Crippen molar-refractivity contribution in [1.29, 1.82) is 0 Å². The second kappa shape index (κ2) is 7.20. The van der Waals surface area contributed by atoms with Crippen LogP contribution < -0.4 is 10.6 Å². The Kier molecular flexibility index (Phi) is 6.17. The van der Waals surface area contributed by atoms with Gasteiger partial charge in [0.1, 0.15) is 5.60 Å². The van der Waals surface area contributed by atoms with Crippen LogP contribution in [0.2, 0.25) is 0 Å². The average molecular weight is 302 g/mol. The van der Waals surface area contributed by atoms with Gasteiger partial charge in [0.05, 0.1) is 0 Å². The molecule has 1 atom stereocenters. The van der Waals surface area contributed by atoms with Gasteiger partial charge in [-0.2, -0.15) is 11.8 Å². The van der Waals surface area contributed by atoms with E-state index in [1.165, 1.54) is 12.2 Å². The lowest BCUT2D eigenvalue weighted by molar-refractivity contribution is -0.121. The molecule has 0 aromatic rings. The number of hydrogen-bond acceptors (Lipinski definition) is 4. The summed E-state index contributed by atoms with van der Waals surface area (Å²) in [5, 5.41) is 5.52. The summed E-state index contributed by atoms with van der Waals surface area (Å²) in [4.78, 5) is 23.1. The highest BCUT2D eigenvalue weighted by molar-refractivity contribution is 8.00. The zero-order valence-corrected chi connectivity index (χ0v) is 13.7. The quantitative estimate of drug-likeness (QED) is 0.818. The molecule has 1 aliphatic heterocycles. The van der Waals surface area contributed by atoms with E-state index in [0.29, 0.717) is 13.1 Å². The first-order valence-electron chi connectivity index (χ1n) is 7.08. The Bertz CT molecular complexity index is 347. The van der Waals surface area contributed by atoms with Gasteiger partial charge < -0.3 is 15.4 Å². The van der Waals surface area contributed by atoms with Crippen molar-refractivity contribution in [3.05, 3.63) is 0 Å². The van der Waals surface area contributed by atoms with Gasteiger partial charge in [-0.15, -0.1) is 0 Å². The zero-order chi connectivity index (χ0) is 15.2. The van der Waals surface area contributed by atoms with Crippen LogP contribution >= 0.6 is 11.8 Å². The molecule has 0 saturated carbocycles. The van der Waals surface area contributed by atoms with Crippen molar-refractivity contribution in [2.45, 2.75) is 57.3 Å². The fourth-order valence-electron chi connectivity index (χ4n) is 1.94. The number of carbonyl (C=O) groups excluding carboxylic acids is 2. The standard InChI is InChI=1S/C14H26N2O3S/c1-13(2,3)19-12(18)15-8-6-11(17)16-10-14(4)7-5-9-20-14/h5-10H2,1-4H3,(H,15,18)(H,16,17). The van der Waals surface area contributed by atoms with E-state index in [1.807, 2.05) is 11.8 Å². The van der Waals surface area contributed by atoms with Gasteiger partial charge in [0.15, 0.2) is 0 Å². The van der Waals surface area contributed by atoms with Gasteiger partial charge in [0.25, 0.3) is 0 Å². The SMILES string of the molecule is CC(C)(C)OC(=O)NCCC(=O)NCC1(C)CCCS1. The van der Waals surface area contributed by atoms with E-state index in [1.54, 1.807) is 20.8 Å². The summed E-state index contributed by atoms with van der Waals surface area (Å²) in [5.41, 5.74) is -0.513. The molecule has 1 rings (SSSR count). The van der Waals surface area contributed by atoms with E-state index in [9.17, 15) is 9.59 Å². The highest BCUT2D eigenvalue weighted by Gasteiger charge is 2.29. The lowest BCUT2D eigenvalue weighted by Crippen LogP contribution is -2.39. The maximum atomic E-state index is 11.7. The second-order valence-corrected chi connectivity index (χ2v) is 8.04. The molecule has 1 saturated heterocycles. The predicted octanol–water partition coefficient (Wildman–Crippen LogP) is 2.30. The molecule has 1 fully saturated rings. The predicted molar refractivity (Wildman–Crippen MR) is 82.0 cm³/mol. The number of ether oxygens (including phenoxy) is 1. The maximum Gasteiger partial charge on any atom is 0.407 e. The Morgan fingerprint density at radius 2 is 2.00 bits per heavy atom. The first kappa shape index (κ1) is 17.1. The molecule has 116 valence electrons. The van der Waals surface area contributed by atoms with Crippen LogP contribution in [0.3, 0.4) is 0 Å². The summed E-state index contributed by atoms with van der Waals surface area (Å²) < 4.78 is 5.27. The summed E-state index contributed by atoms with van der Waals surface area (Å²) in [6.07, 6.45) is 2.16. The minimum Gasteiger partial charge on any atom is -0.444 e. The molecule has 0 aromatic carbocycles. The zero-order valence-electron chi connectivity index (χ0n) is 12.9. The van der Waals surface area contributed by atoms with E-state index in [4.69, 9.17) is 4.74 Å². The molecule has 6 heteroatoms. The number of rotatable bonds is 5. The van der Waals surface area contributed by atoms with Crippen LogP contribution in [0.5, 0.6) is 0 Å². The van der Waals surface area contributed by atoms with Crippen LogP contribution in [0.15, 0.2) is 0 Å². The largest absolute Gasteiger partial charge is 0.444 e. The van der Waals surface area contributed by atoms with Crippen LogP contribution in [-0.2, 0) is 9.53 Å². The molecule has 0 spiro atoms. The molecule has 20 heavy (non-hydrogen) atoms. The van der Waals surface area contributed by atoms with Crippen LogP contribution in [0.1, 0.15) is 47.0 Å². The lowest BCUT2D eigenvalue weighted by Gasteiger charge is -2.23. The molecule has 2 amide bonds. The van der Waals surface area contributed by atoms with Crippen molar-refractivity contribution >= 4 is 23.8 Å². The van der Waals surface area contributed by atoms with Gasteiger partial charge in [0.2, 0.25) is 5.91 Å². The van der Waals surface area contributed by atoms with E-state index >= 15 is 0 Å². The molecule has 0 aliphatic carbocycles. The van der Waals surface area contributed by atoms with Crippen molar-refractivity contribution < 1.29 is 14.3 Å². The number of nitrogens with one attached hydrogen (secondary N) is 2.